The van der Waals surface area contributed by atoms with E-state index in [4.69, 9.17) is 4.99 Å². The van der Waals surface area contributed by atoms with Gasteiger partial charge in [-0.1, -0.05) is 97.0 Å². The van der Waals surface area contributed by atoms with Gasteiger partial charge in [-0.15, -0.1) is 0 Å². The van der Waals surface area contributed by atoms with Gasteiger partial charge in [-0.25, -0.2) is 0 Å². The summed E-state index contributed by atoms with van der Waals surface area (Å²) in [6.45, 7) is 6.94. The Kier molecular flexibility index (Phi) is 12.3. The van der Waals surface area contributed by atoms with Crippen LogP contribution < -0.4 is 0 Å². The van der Waals surface area contributed by atoms with Crippen LogP contribution in [0.2, 0.25) is 0 Å². The van der Waals surface area contributed by atoms with Gasteiger partial charge in [0.15, 0.2) is 0 Å². The molecule has 0 aromatic carbocycles. The molecule has 5 heteroatoms. The van der Waals surface area contributed by atoms with E-state index < -0.39 is 18.2 Å². The van der Waals surface area contributed by atoms with E-state index in [-0.39, 0.29) is 11.5 Å². The zero-order valence-electron chi connectivity index (χ0n) is 30.2. The molecule has 0 aromatic heterocycles. The van der Waals surface area contributed by atoms with Crippen molar-refractivity contribution in [1.29, 1.82) is 0 Å². The summed E-state index contributed by atoms with van der Waals surface area (Å²) < 4.78 is 43.2. The van der Waals surface area contributed by atoms with Crippen LogP contribution in [0.4, 0.5) is 13.2 Å². The Hall–Kier alpha value is -0.840. The fourth-order valence-corrected chi connectivity index (χ4v) is 12.2. The summed E-state index contributed by atoms with van der Waals surface area (Å²) in [6, 6.07) is 0.402. The second kappa shape index (κ2) is 16.0. The van der Waals surface area contributed by atoms with Crippen molar-refractivity contribution in [1.82, 2.24) is 0 Å². The molecular weight excluding hydrogens is 591 g/mol. The normalized spacial score (nSPS) is 41.5. The number of rotatable bonds is 9. The predicted molar refractivity (Wildman–Crippen MR) is 188 cm³/mol. The van der Waals surface area contributed by atoms with Gasteiger partial charge in [-0.2, -0.15) is 13.2 Å². The van der Waals surface area contributed by atoms with Crippen molar-refractivity contribution >= 4 is 5.71 Å². The number of aliphatic hydroxyl groups is 1. The minimum atomic E-state index is -4.29. The van der Waals surface area contributed by atoms with Crippen LogP contribution in [0.3, 0.4) is 0 Å². The first-order valence-electron chi connectivity index (χ1n) is 20.6. The Balaban J connectivity index is 1.07. The van der Waals surface area contributed by atoms with Crippen molar-refractivity contribution in [3.05, 3.63) is 11.6 Å². The molecule has 6 aliphatic rings. The molecule has 0 aromatic rings. The van der Waals surface area contributed by atoms with Gasteiger partial charge in [0.1, 0.15) is 0 Å². The maximum Gasteiger partial charge on any atom is 0.412 e. The van der Waals surface area contributed by atoms with Crippen LogP contribution in [0.15, 0.2) is 16.6 Å². The lowest BCUT2D eigenvalue weighted by molar-refractivity contribution is -0.103. The number of hydrogen-bond acceptors (Lipinski definition) is 2. The molecule has 0 radical (unpaired) electrons. The highest BCUT2D eigenvalue weighted by Gasteiger charge is 2.47. The number of aliphatic imine (C=N–C) groups is 1. The molecule has 2 nitrogen and oxygen atoms in total. The molecule has 4 saturated carbocycles. The lowest BCUT2D eigenvalue weighted by atomic mass is 9.58. The summed E-state index contributed by atoms with van der Waals surface area (Å²) in [6.07, 6.45) is 21.9. The van der Waals surface area contributed by atoms with Gasteiger partial charge in [-0.3, -0.25) is 4.99 Å². The first-order chi connectivity index (χ1) is 22.6. The zero-order chi connectivity index (χ0) is 33.1. The molecule has 0 spiro atoms. The molecule has 6 rings (SSSR count). The molecular formula is C42H68F3NO. The first-order valence-corrected chi connectivity index (χ1v) is 20.6. The number of hydrogen-bond donors (Lipinski definition) is 1. The molecule has 47 heavy (non-hydrogen) atoms. The first kappa shape index (κ1) is 36.0. The molecule has 10 unspecified atom stereocenters. The summed E-state index contributed by atoms with van der Waals surface area (Å²) in [7, 11) is 0. The van der Waals surface area contributed by atoms with Crippen molar-refractivity contribution < 1.29 is 18.3 Å². The number of aliphatic hydroxyl groups excluding tert-OH is 1. The van der Waals surface area contributed by atoms with Gasteiger partial charge in [0, 0.05) is 17.2 Å². The number of alkyl halides is 3. The topological polar surface area (TPSA) is 32.6 Å². The van der Waals surface area contributed by atoms with Crippen molar-refractivity contribution in [2.75, 3.05) is 0 Å². The number of nitrogens with zero attached hydrogens (tertiary/aromatic N) is 1. The molecule has 10 atom stereocenters. The van der Waals surface area contributed by atoms with E-state index in [2.05, 4.69) is 20.8 Å². The van der Waals surface area contributed by atoms with Crippen LogP contribution >= 0.6 is 0 Å². The quantitative estimate of drug-likeness (QED) is 0.246. The SMILES string of the molecule is CCC1CCC(CCC2CCC(C(O)CC3CCC(C)C(C4N=C(C)CC5CCC(C6CCCCC6)CC54)C3)C=C2C(F)(F)F)CC1. The van der Waals surface area contributed by atoms with Gasteiger partial charge in [0.25, 0.3) is 0 Å². The predicted octanol–water partition coefficient (Wildman–Crippen LogP) is 12.1. The molecule has 0 bridgehead atoms. The van der Waals surface area contributed by atoms with Crippen LogP contribution in [0, 0.1) is 65.1 Å². The summed E-state index contributed by atoms with van der Waals surface area (Å²) in [5.41, 5.74) is 1.02. The average Bonchev–Trinajstić information content (AvgIpc) is 3.07. The highest BCUT2D eigenvalue weighted by molar-refractivity contribution is 5.83. The summed E-state index contributed by atoms with van der Waals surface area (Å²) in [5, 5.41) is 11.5. The van der Waals surface area contributed by atoms with E-state index in [1.807, 2.05) is 0 Å². The average molecular weight is 660 g/mol. The summed E-state index contributed by atoms with van der Waals surface area (Å²) in [4.78, 5) is 5.45. The molecule has 0 saturated heterocycles. The molecule has 1 N–H and O–H groups in total. The van der Waals surface area contributed by atoms with E-state index in [1.54, 1.807) is 0 Å². The summed E-state index contributed by atoms with van der Waals surface area (Å²) in [5.74, 6) is 5.49. The van der Waals surface area contributed by atoms with Gasteiger partial charge in [0.05, 0.1) is 12.1 Å². The second-order valence-electron chi connectivity index (χ2n) is 18.0. The number of allylic oxidation sites excluding steroid dienone is 1. The van der Waals surface area contributed by atoms with E-state index in [9.17, 15) is 18.3 Å². The zero-order valence-corrected chi connectivity index (χ0v) is 30.2. The lowest BCUT2D eigenvalue weighted by Gasteiger charge is -2.49. The van der Waals surface area contributed by atoms with Crippen LogP contribution in [0.5, 0.6) is 0 Å². The molecule has 1 aliphatic heterocycles. The molecule has 5 aliphatic carbocycles. The standard InChI is InChI=1S/C42H68F3NO/c1-4-29-12-14-30(15-13-29)16-17-33-18-21-36(26-39(33)42(43,44)45)40(47)24-31-11-10-27(2)37(23-31)41-38-25-34(32-8-6-5-7-9-32)19-20-35(38)22-28(3)46-41/h26-27,29-38,40-41,47H,4-25H2,1-3H3. The Morgan fingerprint density at radius 1 is 0.766 bits per heavy atom. The maximum atomic E-state index is 14.4. The Morgan fingerprint density at radius 2 is 1.47 bits per heavy atom. The van der Waals surface area contributed by atoms with Gasteiger partial charge in [-0.05, 0) is 130 Å². The van der Waals surface area contributed by atoms with Crippen molar-refractivity contribution in [2.24, 2.45) is 70.1 Å². The van der Waals surface area contributed by atoms with Crippen molar-refractivity contribution in [3.8, 4) is 0 Å². The van der Waals surface area contributed by atoms with E-state index in [0.717, 1.165) is 49.4 Å². The maximum absolute atomic E-state index is 14.4. The Morgan fingerprint density at radius 3 is 2.19 bits per heavy atom. The number of halogens is 3. The van der Waals surface area contributed by atoms with Crippen LogP contribution in [0.1, 0.15) is 162 Å². The van der Waals surface area contributed by atoms with Crippen LogP contribution in [-0.2, 0) is 0 Å². The van der Waals surface area contributed by atoms with Gasteiger partial charge in [0.2, 0.25) is 0 Å². The van der Waals surface area contributed by atoms with Crippen LogP contribution in [0.25, 0.3) is 0 Å². The smallest absolute Gasteiger partial charge is 0.393 e. The van der Waals surface area contributed by atoms with E-state index in [1.165, 1.54) is 102 Å². The molecule has 268 valence electrons. The monoisotopic (exact) mass is 660 g/mol. The number of fused-ring (bicyclic) bond motifs is 1. The second-order valence-corrected chi connectivity index (χ2v) is 18.0. The third-order valence-electron chi connectivity index (χ3n) is 15.1. The third kappa shape index (κ3) is 8.91. The largest absolute Gasteiger partial charge is 0.412 e. The van der Waals surface area contributed by atoms with Crippen molar-refractivity contribution in [2.45, 2.75) is 180 Å². The lowest BCUT2D eigenvalue weighted by Crippen LogP contribution is -2.46. The minimum Gasteiger partial charge on any atom is -0.393 e. The molecule has 0 amide bonds. The van der Waals surface area contributed by atoms with E-state index in [0.29, 0.717) is 61.3 Å². The van der Waals surface area contributed by atoms with Crippen LogP contribution in [-0.4, -0.2) is 29.1 Å². The third-order valence-corrected chi connectivity index (χ3v) is 15.1. The highest BCUT2D eigenvalue weighted by atomic mass is 19.4. The molecule has 4 fully saturated rings. The fourth-order valence-electron chi connectivity index (χ4n) is 12.2. The minimum absolute atomic E-state index is 0.326. The van der Waals surface area contributed by atoms with Crippen molar-refractivity contribution in [3.63, 3.8) is 0 Å². The van der Waals surface area contributed by atoms with Gasteiger partial charge < -0.3 is 5.11 Å². The van der Waals surface area contributed by atoms with Gasteiger partial charge >= 0.3 is 6.18 Å². The van der Waals surface area contributed by atoms with E-state index >= 15 is 0 Å². The Labute approximate surface area is 285 Å². The Bertz CT molecular complexity index is 1050. The highest BCUT2D eigenvalue weighted by Crippen LogP contribution is 2.52. The molecule has 1 heterocycles. The fraction of sp³-hybridized carbons (Fsp3) is 0.929. The summed E-state index contributed by atoms with van der Waals surface area (Å²) >= 11 is 0.